The Morgan fingerprint density at radius 1 is 1.47 bits per heavy atom. The molecule has 0 bridgehead atoms. The van der Waals surface area contributed by atoms with Crippen molar-refractivity contribution in [2.24, 2.45) is 0 Å². The number of benzene rings is 1. The van der Waals surface area contributed by atoms with Crippen LogP contribution in [0.2, 0.25) is 5.02 Å². The van der Waals surface area contributed by atoms with Crippen molar-refractivity contribution in [2.75, 3.05) is 5.33 Å². The highest BCUT2D eigenvalue weighted by molar-refractivity contribution is 9.09. The van der Waals surface area contributed by atoms with Crippen molar-refractivity contribution in [3.05, 3.63) is 40.4 Å². The highest BCUT2D eigenvalue weighted by Gasteiger charge is 2.04. The van der Waals surface area contributed by atoms with Crippen molar-refractivity contribution < 1.29 is 9.90 Å². The van der Waals surface area contributed by atoms with Gasteiger partial charge in [-0.15, -0.1) is 0 Å². The van der Waals surface area contributed by atoms with E-state index in [1.165, 1.54) is 6.07 Å². The number of hydrogen-bond acceptors (Lipinski definition) is 1. The zero-order valence-electron chi connectivity index (χ0n) is 7.91. The van der Waals surface area contributed by atoms with Gasteiger partial charge in [-0.05, 0) is 30.2 Å². The Hall–Kier alpha value is -0.800. The average Bonchev–Trinajstić information content (AvgIpc) is 2.17. The van der Waals surface area contributed by atoms with Crippen molar-refractivity contribution >= 4 is 39.6 Å². The predicted molar refractivity (Wildman–Crippen MR) is 65.9 cm³/mol. The summed E-state index contributed by atoms with van der Waals surface area (Å²) in [4.78, 5) is 10.7. The van der Waals surface area contributed by atoms with Crippen molar-refractivity contribution in [3.63, 3.8) is 0 Å². The third-order valence-corrected chi connectivity index (χ3v) is 2.43. The van der Waals surface area contributed by atoms with Crippen molar-refractivity contribution in [3.8, 4) is 0 Å². The second-order valence-corrected chi connectivity index (χ2v) is 4.19. The molecular formula is C11H10BrClO2. The fraction of sp³-hybridized carbons (Fsp3) is 0.182. The monoisotopic (exact) mass is 288 g/mol. The van der Waals surface area contributed by atoms with Crippen molar-refractivity contribution in [1.29, 1.82) is 0 Å². The normalized spacial score (nSPS) is 10.8. The number of hydrogen-bond donors (Lipinski definition) is 1. The van der Waals surface area contributed by atoms with E-state index in [2.05, 4.69) is 15.9 Å². The first-order chi connectivity index (χ1) is 7.13. The van der Waals surface area contributed by atoms with Crippen molar-refractivity contribution in [1.82, 2.24) is 0 Å². The molecule has 1 N–H and O–H groups in total. The molecule has 80 valence electrons. The summed E-state index contributed by atoms with van der Waals surface area (Å²) in [7, 11) is 0. The minimum Gasteiger partial charge on any atom is -0.478 e. The molecule has 15 heavy (non-hydrogen) atoms. The van der Waals surface area contributed by atoms with Crippen molar-refractivity contribution in [2.45, 2.75) is 6.42 Å². The first-order valence-electron chi connectivity index (χ1n) is 4.40. The third kappa shape index (κ3) is 4.06. The minimum absolute atomic E-state index is 0.209. The van der Waals surface area contributed by atoms with Gasteiger partial charge in [0.15, 0.2) is 0 Å². The summed E-state index contributed by atoms with van der Waals surface area (Å²) in [5.74, 6) is -0.965. The van der Waals surface area contributed by atoms with Crippen LogP contribution < -0.4 is 0 Å². The summed E-state index contributed by atoms with van der Waals surface area (Å²) >= 11 is 9.10. The van der Waals surface area contributed by atoms with Gasteiger partial charge in [-0.2, -0.15) is 0 Å². The van der Waals surface area contributed by atoms with Gasteiger partial charge >= 0.3 is 5.97 Å². The van der Waals surface area contributed by atoms with Crippen LogP contribution in [0.4, 0.5) is 0 Å². The SMILES string of the molecule is O=C(O)c1cc(Cl)cc(C=CCCBr)c1. The van der Waals surface area contributed by atoms with Gasteiger partial charge in [0.2, 0.25) is 0 Å². The molecule has 0 aliphatic carbocycles. The van der Waals surface area contributed by atoms with Crippen LogP contribution in [0.25, 0.3) is 6.08 Å². The number of allylic oxidation sites excluding steroid dienone is 1. The first kappa shape index (κ1) is 12.3. The topological polar surface area (TPSA) is 37.3 Å². The molecule has 1 aromatic rings. The number of halogens is 2. The standard InChI is InChI=1S/C11H10BrClO2/c12-4-2-1-3-8-5-9(11(14)15)7-10(13)6-8/h1,3,5-7H,2,4H2,(H,14,15). The van der Waals surface area contributed by atoms with Gasteiger partial charge in [0.1, 0.15) is 0 Å². The molecule has 0 atom stereocenters. The molecule has 0 amide bonds. The van der Waals surface area contributed by atoms with Gasteiger partial charge < -0.3 is 5.11 Å². The van der Waals surface area contributed by atoms with Crippen LogP contribution in [0, 0.1) is 0 Å². The van der Waals surface area contributed by atoms with Gasteiger partial charge in [0.25, 0.3) is 0 Å². The van der Waals surface area contributed by atoms with E-state index >= 15 is 0 Å². The molecule has 0 fully saturated rings. The zero-order valence-corrected chi connectivity index (χ0v) is 10.3. The van der Waals surface area contributed by atoms with Gasteiger partial charge in [0.05, 0.1) is 5.56 Å². The molecular weight excluding hydrogens is 279 g/mol. The number of rotatable bonds is 4. The largest absolute Gasteiger partial charge is 0.478 e. The smallest absolute Gasteiger partial charge is 0.335 e. The lowest BCUT2D eigenvalue weighted by molar-refractivity contribution is 0.0697. The highest BCUT2D eigenvalue weighted by atomic mass is 79.9. The fourth-order valence-corrected chi connectivity index (χ4v) is 1.62. The summed E-state index contributed by atoms with van der Waals surface area (Å²) in [6.07, 6.45) is 4.72. The molecule has 0 aliphatic rings. The molecule has 0 saturated carbocycles. The molecule has 0 radical (unpaired) electrons. The van der Waals surface area contributed by atoms with E-state index in [0.29, 0.717) is 5.02 Å². The molecule has 0 spiro atoms. The maximum Gasteiger partial charge on any atom is 0.335 e. The van der Waals surface area contributed by atoms with Crippen LogP contribution in [0.1, 0.15) is 22.3 Å². The first-order valence-corrected chi connectivity index (χ1v) is 5.90. The lowest BCUT2D eigenvalue weighted by atomic mass is 10.1. The Balaban J connectivity index is 2.93. The molecule has 0 heterocycles. The van der Waals surface area contributed by atoms with E-state index < -0.39 is 5.97 Å². The molecule has 0 aromatic heterocycles. The summed E-state index contributed by atoms with van der Waals surface area (Å²) in [6.45, 7) is 0. The second kappa shape index (κ2) is 5.93. The Morgan fingerprint density at radius 2 is 2.20 bits per heavy atom. The summed E-state index contributed by atoms with van der Waals surface area (Å²) < 4.78 is 0. The number of aromatic carboxylic acids is 1. The number of alkyl halides is 1. The van der Waals surface area contributed by atoms with Crippen LogP contribution in [0.15, 0.2) is 24.3 Å². The number of carbonyl (C=O) groups is 1. The Morgan fingerprint density at radius 3 is 2.80 bits per heavy atom. The van der Waals surface area contributed by atoms with Gasteiger partial charge in [-0.1, -0.05) is 39.7 Å². The molecule has 2 nitrogen and oxygen atoms in total. The lowest BCUT2D eigenvalue weighted by Gasteiger charge is -1.99. The number of carboxylic acid groups (broad SMARTS) is 1. The van der Waals surface area contributed by atoms with E-state index in [4.69, 9.17) is 16.7 Å². The third-order valence-electron chi connectivity index (χ3n) is 1.75. The predicted octanol–water partition coefficient (Wildman–Crippen LogP) is 3.84. The number of carboxylic acids is 1. The summed E-state index contributed by atoms with van der Waals surface area (Å²) in [5, 5.41) is 10.1. The maximum atomic E-state index is 10.7. The second-order valence-electron chi connectivity index (χ2n) is 2.96. The van der Waals surface area contributed by atoms with Crippen LogP contribution in [-0.2, 0) is 0 Å². The van der Waals surface area contributed by atoms with Crippen LogP contribution in [0.3, 0.4) is 0 Å². The molecule has 0 saturated heterocycles. The van der Waals surface area contributed by atoms with Gasteiger partial charge in [-0.3, -0.25) is 0 Å². The fourth-order valence-electron chi connectivity index (χ4n) is 1.11. The summed E-state index contributed by atoms with van der Waals surface area (Å²) in [6, 6.07) is 4.77. The molecule has 0 unspecified atom stereocenters. The van der Waals surface area contributed by atoms with Gasteiger partial charge in [0, 0.05) is 10.4 Å². The Labute approximate surface area is 102 Å². The average molecular weight is 290 g/mol. The molecule has 1 aromatic carbocycles. The quantitative estimate of drug-likeness (QED) is 0.855. The van der Waals surface area contributed by atoms with E-state index in [9.17, 15) is 4.79 Å². The van der Waals surface area contributed by atoms with Crippen LogP contribution in [0.5, 0.6) is 0 Å². The van der Waals surface area contributed by atoms with E-state index in [1.807, 2.05) is 12.2 Å². The van der Waals surface area contributed by atoms with Gasteiger partial charge in [-0.25, -0.2) is 4.79 Å². The molecule has 4 heteroatoms. The van der Waals surface area contributed by atoms with E-state index in [0.717, 1.165) is 17.3 Å². The van der Waals surface area contributed by atoms with E-state index in [1.54, 1.807) is 12.1 Å². The Kier molecular flexibility index (Phi) is 4.85. The highest BCUT2D eigenvalue weighted by Crippen LogP contribution is 2.16. The van der Waals surface area contributed by atoms with Crippen LogP contribution >= 0.6 is 27.5 Å². The minimum atomic E-state index is -0.965. The summed E-state index contributed by atoms with van der Waals surface area (Å²) in [5.41, 5.74) is 1.02. The lowest BCUT2D eigenvalue weighted by Crippen LogP contribution is -1.96. The zero-order chi connectivity index (χ0) is 11.3. The molecule has 1 rings (SSSR count). The maximum absolute atomic E-state index is 10.7. The molecule has 0 aliphatic heterocycles. The Bertz CT molecular complexity index is 388. The van der Waals surface area contributed by atoms with E-state index in [-0.39, 0.29) is 5.56 Å². The van der Waals surface area contributed by atoms with Crippen LogP contribution in [-0.4, -0.2) is 16.4 Å².